The summed E-state index contributed by atoms with van der Waals surface area (Å²) in [6.45, 7) is 6.47. The van der Waals surface area contributed by atoms with Gasteiger partial charge < -0.3 is 5.32 Å². The molecule has 1 fully saturated rings. The van der Waals surface area contributed by atoms with Gasteiger partial charge >= 0.3 is 0 Å². The summed E-state index contributed by atoms with van der Waals surface area (Å²) in [5, 5.41) is 7.64. The van der Waals surface area contributed by atoms with Gasteiger partial charge in [0.05, 0.1) is 16.7 Å². The molecule has 2 heterocycles. The van der Waals surface area contributed by atoms with Gasteiger partial charge in [-0.15, -0.1) is 11.3 Å². The fraction of sp³-hybridized carbons (Fsp3) is 0.615. The molecular formula is C13H18N4S2. The van der Waals surface area contributed by atoms with Crippen LogP contribution < -0.4 is 5.32 Å². The molecular weight excluding hydrogens is 276 g/mol. The first kappa shape index (κ1) is 13.0. The van der Waals surface area contributed by atoms with E-state index in [1.165, 1.54) is 29.4 Å². The van der Waals surface area contributed by atoms with E-state index in [1.54, 1.807) is 11.3 Å². The first-order valence-electron chi connectivity index (χ1n) is 6.69. The van der Waals surface area contributed by atoms with Crippen molar-refractivity contribution in [1.82, 2.24) is 14.3 Å². The minimum atomic E-state index is 0.184. The highest BCUT2D eigenvalue weighted by molar-refractivity contribution is 7.10. The maximum absolute atomic E-state index is 4.67. The van der Waals surface area contributed by atoms with Crippen molar-refractivity contribution < 1.29 is 0 Å². The Kier molecular flexibility index (Phi) is 3.54. The summed E-state index contributed by atoms with van der Waals surface area (Å²) in [6, 6.07) is 0.184. The summed E-state index contributed by atoms with van der Waals surface area (Å²) in [4.78, 5) is 9.22. The van der Waals surface area contributed by atoms with Crippen LogP contribution in [-0.4, -0.2) is 14.3 Å². The molecule has 6 heteroatoms. The first-order valence-corrected chi connectivity index (χ1v) is 8.34. The Hall–Kier alpha value is -1.01. The van der Waals surface area contributed by atoms with Crippen molar-refractivity contribution >= 4 is 28.0 Å². The van der Waals surface area contributed by atoms with E-state index in [9.17, 15) is 0 Å². The molecule has 0 saturated heterocycles. The first-order chi connectivity index (χ1) is 9.13. The lowest BCUT2D eigenvalue weighted by atomic mass is 10.2. The molecule has 1 unspecified atom stereocenters. The van der Waals surface area contributed by atoms with Crippen LogP contribution in [0.2, 0.25) is 0 Å². The van der Waals surface area contributed by atoms with E-state index in [1.807, 2.05) is 0 Å². The van der Waals surface area contributed by atoms with Gasteiger partial charge in [-0.1, -0.05) is 13.8 Å². The highest BCUT2D eigenvalue weighted by Crippen LogP contribution is 2.39. The predicted octanol–water partition coefficient (Wildman–Crippen LogP) is 4.17. The minimum Gasteiger partial charge on any atom is -0.352 e. The van der Waals surface area contributed by atoms with Gasteiger partial charge in [0, 0.05) is 28.7 Å². The number of hydrogen-bond acceptors (Lipinski definition) is 6. The second-order valence-electron chi connectivity index (χ2n) is 5.36. The van der Waals surface area contributed by atoms with Crippen LogP contribution in [0, 0.1) is 0 Å². The average molecular weight is 294 g/mol. The van der Waals surface area contributed by atoms with Crippen molar-refractivity contribution in [2.45, 2.75) is 51.5 Å². The fourth-order valence-electron chi connectivity index (χ4n) is 1.82. The lowest BCUT2D eigenvalue weighted by Crippen LogP contribution is -2.07. The Morgan fingerprint density at radius 2 is 2.05 bits per heavy atom. The van der Waals surface area contributed by atoms with Gasteiger partial charge in [0.2, 0.25) is 5.13 Å². The van der Waals surface area contributed by atoms with Crippen molar-refractivity contribution in [3.05, 3.63) is 21.9 Å². The van der Waals surface area contributed by atoms with Crippen molar-refractivity contribution in [2.24, 2.45) is 0 Å². The summed E-state index contributed by atoms with van der Waals surface area (Å²) < 4.78 is 4.41. The van der Waals surface area contributed by atoms with Crippen LogP contribution >= 0.6 is 22.9 Å². The summed E-state index contributed by atoms with van der Waals surface area (Å²) in [6.07, 6.45) is 2.49. The van der Waals surface area contributed by atoms with E-state index >= 15 is 0 Å². The SMILES string of the molecule is CC(C)c1nc(C(C)Nc2nc(C3CC3)ns2)cs1. The van der Waals surface area contributed by atoms with E-state index in [0.29, 0.717) is 11.8 Å². The molecule has 0 spiro atoms. The molecule has 1 atom stereocenters. The summed E-state index contributed by atoms with van der Waals surface area (Å²) in [7, 11) is 0. The molecule has 0 aromatic carbocycles. The summed E-state index contributed by atoms with van der Waals surface area (Å²) in [5.41, 5.74) is 1.09. The van der Waals surface area contributed by atoms with Gasteiger partial charge in [0.15, 0.2) is 0 Å². The molecule has 3 rings (SSSR count). The maximum atomic E-state index is 4.67. The van der Waals surface area contributed by atoms with Crippen molar-refractivity contribution in [2.75, 3.05) is 5.32 Å². The van der Waals surface area contributed by atoms with E-state index in [2.05, 4.69) is 45.8 Å². The van der Waals surface area contributed by atoms with Crippen molar-refractivity contribution in [1.29, 1.82) is 0 Å². The topological polar surface area (TPSA) is 50.7 Å². The zero-order valence-electron chi connectivity index (χ0n) is 11.4. The van der Waals surface area contributed by atoms with Gasteiger partial charge in [0.1, 0.15) is 5.82 Å². The van der Waals surface area contributed by atoms with Gasteiger partial charge in [-0.25, -0.2) is 9.97 Å². The predicted molar refractivity (Wildman–Crippen MR) is 80.1 cm³/mol. The number of aromatic nitrogens is 3. The van der Waals surface area contributed by atoms with E-state index < -0.39 is 0 Å². The van der Waals surface area contributed by atoms with Gasteiger partial charge in [-0.2, -0.15) is 4.37 Å². The molecule has 0 aliphatic heterocycles. The lowest BCUT2D eigenvalue weighted by Gasteiger charge is -2.09. The molecule has 1 aliphatic rings. The molecule has 0 bridgehead atoms. The van der Waals surface area contributed by atoms with Crippen LogP contribution in [0.1, 0.15) is 68.0 Å². The van der Waals surface area contributed by atoms with Crippen molar-refractivity contribution in [3.63, 3.8) is 0 Å². The Labute approximate surface area is 121 Å². The largest absolute Gasteiger partial charge is 0.352 e. The van der Waals surface area contributed by atoms with Gasteiger partial charge in [-0.3, -0.25) is 0 Å². The quantitative estimate of drug-likeness (QED) is 0.899. The smallest absolute Gasteiger partial charge is 0.203 e. The number of anilines is 1. The van der Waals surface area contributed by atoms with Crippen LogP contribution in [0.25, 0.3) is 0 Å². The molecule has 1 saturated carbocycles. The Balaban J connectivity index is 1.66. The van der Waals surface area contributed by atoms with Crippen LogP contribution in [0.3, 0.4) is 0 Å². The fourth-order valence-corrected chi connectivity index (χ4v) is 3.49. The Morgan fingerprint density at radius 3 is 2.68 bits per heavy atom. The Bertz CT molecular complexity index is 556. The highest BCUT2D eigenvalue weighted by atomic mass is 32.1. The van der Waals surface area contributed by atoms with E-state index in [0.717, 1.165) is 16.6 Å². The minimum absolute atomic E-state index is 0.184. The molecule has 1 N–H and O–H groups in total. The van der Waals surface area contributed by atoms with Crippen LogP contribution in [0.4, 0.5) is 5.13 Å². The third-order valence-corrected chi connectivity index (χ3v) is 5.03. The van der Waals surface area contributed by atoms with Crippen molar-refractivity contribution in [3.8, 4) is 0 Å². The molecule has 0 amide bonds. The number of thiazole rings is 1. The molecule has 2 aromatic rings. The van der Waals surface area contributed by atoms with Crippen LogP contribution in [-0.2, 0) is 0 Å². The monoisotopic (exact) mass is 294 g/mol. The number of rotatable bonds is 5. The van der Waals surface area contributed by atoms with Gasteiger partial charge in [0.25, 0.3) is 0 Å². The van der Waals surface area contributed by atoms with Crippen LogP contribution in [0.5, 0.6) is 0 Å². The molecule has 4 nitrogen and oxygen atoms in total. The summed E-state index contributed by atoms with van der Waals surface area (Å²) >= 11 is 3.19. The highest BCUT2D eigenvalue weighted by Gasteiger charge is 2.28. The third kappa shape index (κ3) is 2.95. The number of hydrogen-bond donors (Lipinski definition) is 1. The Morgan fingerprint density at radius 1 is 1.26 bits per heavy atom. The standard InChI is InChI=1S/C13H18N4S2/c1-7(2)12-15-10(6-18-12)8(3)14-13-16-11(17-19-13)9-4-5-9/h6-9H,4-5H2,1-3H3,(H,14,16,17). The number of nitrogens with one attached hydrogen (secondary N) is 1. The molecule has 19 heavy (non-hydrogen) atoms. The molecule has 102 valence electrons. The third-order valence-electron chi connectivity index (χ3n) is 3.20. The second-order valence-corrected chi connectivity index (χ2v) is 7.00. The van der Waals surface area contributed by atoms with Crippen LogP contribution in [0.15, 0.2) is 5.38 Å². The normalized spacial score (nSPS) is 16.8. The zero-order valence-corrected chi connectivity index (χ0v) is 13.0. The molecule has 2 aromatic heterocycles. The van der Waals surface area contributed by atoms with Gasteiger partial charge in [-0.05, 0) is 19.8 Å². The van der Waals surface area contributed by atoms with E-state index in [4.69, 9.17) is 0 Å². The van der Waals surface area contributed by atoms with E-state index in [-0.39, 0.29) is 6.04 Å². The molecule has 0 radical (unpaired) electrons. The second kappa shape index (κ2) is 5.17. The lowest BCUT2D eigenvalue weighted by molar-refractivity contribution is 0.799. The zero-order chi connectivity index (χ0) is 13.4. The average Bonchev–Trinajstić information content (AvgIpc) is 2.92. The molecule has 1 aliphatic carbocycles. The number of nitrogens with zero attached hydrogens (tertiary/aromatic N) is 3. The maximum Gasteiger partial charge on any atom is 0.203 e. The summed E-state index contributed by atoms with van der Waals surface area (Å²) in [5.74, 6) is 2.13.